The van der Waals surface area contributed by atoms with Crippen LogP contribution < -0.4 is 10.1 Å². The van der Waals surface area contributed by atoms with Gasteiger partial charge in [0.2, 0.25) is 0 Å². The van der Waals surface area contributed by atoms with Gasteiger partial charge >= 0.3 is 0 Å². The summed E-state index contributed by atoms with van der Waals surface area (Å²) in [5.41, 5.74) is 1.09. The van der Waals surface area contributed by atoms with E-state index in [0.717, 1.165) is 41.1 Å². The lowest BCUT2D eigenvalue weighted by molar-refractivity contribution is 0.301. The summed E-state index contributed by atoms with van der Waals surface area (Å²) < 4.78 is 12.3. The predicted molar refractivity (Wildman–Crippen MR) is 79.2 cm³/mol. The fourth-order valence-corrected chi connectivity index (χ4v) is 1.99. The van der Waals surface area contributed by atoms with Crippen LogP contribution in [0.2, 0.25) is 0 Å². The number of furan rings is 1. The van der Waals surface area contributed by atoms with E-state index in [9.17, 15) is 0 Å². The molecule has 0 bridgehead atoms. The van der Waals surface area contributed by atoms with E-state index in [4.69, 9.17) is 9.15 Å². The highest BCUT2D eigenvalue weighted by molar-refractivity contribution is 9.10. The molecule has 4 heteroatoms. The summed E-state index contributed by atoms with van der Waals surface area (Å²) in [5, 5.41) is 3.33. The van der Waals surface area contributed by atoms with Crippen molar-refractivity contribution in [3.8, 4) is 5.75 Å². The monoisotopic (exact) mass is 323 g/mol. The normalized spacial score (nSPS) is 10.6. The van der Waals surface area contributed by atoms with Crippen LogP contribution in [0, 0.1) is 0 Å². The second-order valence-electron chi connectivity index (χ2n) is 4.29. The van der Waals surface area contributed by atoms with Crippen molar-refractivity contribution < 1.29 is 9.15 Å². The molecule has 3 nitrogen and oxygen atoms in total. The minimum Gasteiger partial charge on any atom is -0.489 e. The summed E-state index contributed by atoms with van der Waals surface area (Å²) in [4.78, 5) is 0. The molecule has 0 radical (unpaired) electrons. The smallest absolute Gasteiger partial charge is 0.124 e. The quantitative estimate of drug-likeness (QED) is 0.778. The third kappa shape index (κ3) is 4.40. The molecule has 0 atom stereocenters. The van der Waals surface area contributed by atoms with Crippen molar-refractivity contribution >= 4 is 15.9 Å². The van der Waals surface area contributed by atoms with Gasteiger partial charge in [0.15, 0.2) is 0 Å². The Kier molecular flexibility index (Phi) is 5.48. The molecule has 0 saturated carbocycles. The van der Waals surface area contributed by atoms with Crippen molar-refractivity contribution in [2.24, 2.45) is 0 Å². The van der Waals surface area contributed by atoms with Crippen LogP contribution in [0.5, 0.6) is 5.75 Å². The average molecular weight is 324 g/mol. The van der Waals surface area contributed by atoms with Gasteiger partial charge in [-0.15, -0.1) is 0 Å². The first kappa shape index (κ1) is 14.2. The molecule has 1 N–H and O–H groups in total. The molecule has 2 rings (SSSR count). The van der Waals surface area contributed by atoms with Crippen LogP contribution in [-0.2, 0) is 13.2 Å². The molecule has 1 aromatic heterocycles. The SMILES string of the molecule is CCCNCc1occc1COc1ccc(Br)cc1. The van der Waals surface area contributed by atoms with E-state index in [2.05, 4.69) is 28.2 Å². The van der Waals surface area contributed by atoms with Gasteiger partial charge in [0.25, 0.3) is 0 Å². The maximum atomic E-state index is 5.74. The highest BCUT2D eigenvalue weighted by Crippen LogP contribution is 2.18. The molecule has 0 saturated heterocycles. The zero-order valence-corrected chi connectivity index (χ0v) is 12.6. The average Bonchev–Trinajstić information content (AvgIpc) is 2.86. The second-order valence-corrected chi connectivity index (χ2v) is 5.20. The lowest BCUT2D eigenvalue weighted by atomic mass is 10.2. The van der Waals surface area contributed by atoms with Gasteiger partial charge in [-0.3, -0.25) is 0 Å². The minimum atomic E-state index is 0.529. The maximum Gasteiger partial charge on any atom is 0.124 e. The minimum absolute atomic E-state index is 0.529. The topological polar surface area (TPSA) is 34.4 Å². The zero-order valence-electron chi connectivity index (χ0n) is 11.0. The Bertz CT molecular complexity index is 493. The molecule has 0 aliphatic heterocycles. The third-order valence-corrected chi connectivity index (χ3v) is 3.29. The molecule has 0 unspecified atom stereocenters. The van der Waals surface area contributed by atoms with Gasteiger partial charge in [-0.2, -0.15) is 0 Å². The van der Waals surface area contributed by atoms with Gasteiger partial charge in [-0.25, -0.2) is 0 Å². The van der Waals surface area contributed by atoms with Crippen LogP contribution in [0.1, 0.15) is 24.7 Å². The maximum absolute atomic E-state index is 5.74. The molecule has 0 aliphatic rings. The molecule has 0 spiro atoms. The zero-order chi connectivity index (χ0) is 13.5. The summed E-state index contributed by atoms with van der Waals surface area (Å²) in [7, 11) is 0. The standard InChI is InChI=1S/C15H18BrNO2/c1-2-8-17-10-15-12(7-9-18-15)11-19-14-5-3-13(16)4-6-14/h3-7,9,17H,2,8,10-11H2,1H3. The number of halogens is 1. The first-order valence-corrected chi connectivity index (χ1v) is 7.23. The van der Waals surface area contributed by atoms with Crippen molar-refractivity contribution in [1.29, 1.82) is 0 Å². The molecule has 19 heavy (non-hydrogen) atoms. The summed E-state index contributed by atoms with van der Waals surface area (Å²) in [5.74, 6) is 1.81. The number of hydrogen-bond donors (Lipinski definition) is 1. The molecule has 0 aliphatic carbocycles. The molecule has 2 aromatic rings. The van der Waals surface area contributed by atoms with E-state index in [0.29, 0.717) is 6.61 Å². The Balaban J connectivity index is 1.88. The Labute approximate surface area is 122 Å². The van der Waals surface area contributed by atoms with Gasteiger partial charge in [0, 0.05) is 10.0 Å². The van der Waals surface area contributed by atoms with Crippen molar-refractivity contribution in [3.63, 3.8) is 0 Å². The van der Waals surface area contributed by atoms with Gasteiger partial charge in [0.05, 0.1) is 12.8 Å². The van der Waals surface area contributed by atoms with Crippen LogP contribution in [0.25, 0.3) is 0 Å². The van der Waals surface area contributed by atoms with E-state index in [1.54, 1.807) is 6.26 Å². The van der Waals surface area contributed by atoms with E-state index >= 15 is 0 Å². The third-order valence-electron chi connectivity index (χ3n) is 2.76. The first-order chi connectivity index (χ1) is 9.29. The molecular weight excluding hydrogens is 306 g/mol. The highest BCUT2D eigenvalue weighted by Gasteiger charge is 2.06. The summed E-state index contributed by atoms with van der Waals surface area (Å²) in [6, 6.07) is 9.78. The summed E-state index contributed by atoms with van der Waals surface area (Å²) in [6.45, 7) is 4.42. The van der Waals surface area contributed by atoms with Crippen molar-refractivity contribution in [1.82, 2.24) is 5.32 Å². The Morgan fingerprint density at radius 1 is 1.21 bits per heavy atom. The summed E-state index contributed by atoms with van der Waals surface area (Å²) in [6.07, 6.45) is 2.83. The van der Waals surface area contributed by atoms with E-state index in [1.807, 2.05) is 30.3 Å². The summed E-state index contributed by atoms with van der Waals surface area (Å²) >= 11 is 3.40. The van der Waals surface area contributed by atoms with Gasteiger partial charge in [-0.1, -0.05) is 22.9 Å². The predicted octanol–water partition coefficient (Wildman–Crippen LogP) is 4.12. The Morgan fingerprint density at radius 3 is 2.74 bits per heavy atom. The fraction of sp³-hybridized carbons (Fsp3) is 0.333. The van der Waals surface area contributed by atoms with Crippen molar-refractivity contribution in [2.45, 2.75) is 26.5 Å². The van der Waals surface area contributed by atoms with E-state index in [1.165, 1.54) is 0 Å². The van der Waals surface area contributed by atoms with E-state index < -0.39 is 0 Å². The van der Waals surface area contributed by atoms with Gasteiger partial charge < -0.3 is 14.5 Å². The molecule has 1 aromatic carbocycles. The van der Waals surface area contributed by atoms with Crippen molar-refractivity contribution in [3.05, 3.63) is 52.4 Å². The van der Waals surface area contributed by atoms with Gasteiger partial charge in [-0.05, 0) is 43.3 Å². The number of hydrogen-bond acceptors (Lipinski definition) is 3. The van der Waals surface area contributed by atoms with Crippen LogP contribution in [0.15, 0.2) is 45.5 Å². The number of nitrogens with one attached hydrogen (secondary N) is 1. The van der Waals surface area contributed by atoms with Crippen LogP contribution in [0.4, 0.5) is 0 Å². The Morgan fingerprint density at radius 2 is 2.00 bits per heavy atom. The number of rotatable bonds is 7. The van der Waals surface area contributed by atoms with Crippen LogP contribution >= 0.6 is 15.9 Å². The second kappa shape index (κ2) is 7.36. The highest BCUT2D eigenvalue weighted by atomic mass is 79.9. The number of benzene rings is 1. The largest absolute Gasteiger partial charge is 0.489 e. The molecule has 102 valence electrons. The van der Waals surface area contributed by atoms with Crippen LogP contribution in [0.3, 0.4) is 0 Å². The van der Waals surface area contributed by atoms with Gasteiger partial charge in [0.1, 0.15) is 18.1 Å². The number of ether oxygens (including phenoxy) is 1. The van der Waals surface area contributed by atoms with Crippen LogP contribution in [-0.4, -0.2) is 6.54 Å². The molecule has 1 heterocycles. The fourth-order valence-electron chi connectivity index (χ4n) is 1.72. The molecule has 0 amide bonds. The van der Waals surface area contributed by atoms with E-state index in [-0.39, 0.29) is 0 Å². The Hall–Kier alpha value is -1.26. The molecule has 0 fully saturated rings. The lowest BCUT2D eigenvalue weighted by Gasteiger charge is -2.07. The lowest BCUT2D eigenvalue weighted by Crippen LogP contribution is -2.14. The molecular formula is C15H18BrNO2. The first-order valence-electron chi connectivity index (χ1n) is 6.44. The van der Waals surface area contributed by atoms with Crippen molar-refractivity contribution in [2.75, 3.05) is 6.54 Å².